The molecule has 27 heavy (non-hydrogen) atoms. The second kappa shape index (κ2) is 8.25. The Labute approximate surface area is 163 Å². The second-order valence-corrected chi connectivity index (χ2v) is 9.00. The summed E-state index contributed by atoms with van der Waals surface area (Å²) in [4.78, 5) is 16.4. The highest BCUT2D eigenvalue weighted by molar-refractivity contribution is 5.80. The second-order valence-electron chi connectivity index (χ2n) is 9.00. The van der Waals surface area contributed by atoms with Gasteiger partial charge < -0.3 is 25.4 Å². The Morgan fingerprint density at radius 3 is 2.70 bits per heavy atom. The van der Waals surface area contributed by atoms with E-state index in [9.17, 15) is 4.79 Å². The van der Waals surface area contributed by atoms with Gasteiger partial charge in [0.05, 0.1) is 6.10 Å². The number of carbonyl (C=O) groups is 1. The van der Waals surface area contributed by atoms with Crippen LogP contribution in [0.3, 0.4) is 0 Å². The first kappa shape index (κ1) is 20.2. The molecule has 0 bridgehead atoms. The topological polar surface area (TPSA) is 84.0 Å². The van der Waals surface area contributed by atoms with E-state index in [1.165, 1.54) is 19.3 Å². The molecular weight excluding hydrogens is 344 g/mol. The van der Waals surface area contributed by atoms with E-state index in [1.54, 1.807) is 0 Å². The Bertz CT molecular complexity index is 554. The summed E-state index contributed by atoms with van der Waals surface area (Å²) in [5, 5.41) is 9.84. The molecule has 0 aromatic carbocycles. The van der Waals surface area contributed by atoms with Crippen molar-refractivity contribution in [3.63, 3.8) is 0 Å². The number of fused-ring (bicyclic) bond motifs is 2. The molecule has 0 radical (unpaired) electrons. The maximum absolute atomic E-state index is 11.7. The van der Waals surface area contributed by atoms with Gasteiger partial charge in [0.2, 0.25) is 0 Å². The summed E-state index contributed by atoms with van der Waals surface area (Å²) in [5.74, 6) is 1.51. The van der Waals surface area contributed by atoms with Crippen molar-refractivity contribution >= 4 is 12.1 Å². The quantitative estimate of drug-likeness (QED) is 0.374. The van der Waals surface area contributed by atoms with Crippen LogP contribution in [0, 0.1) is 11.3 Å². The van der Waals surface area contributed by atoms with Gasteiger partial charge >= 0.3 is 6.09 Å². The molecule has 1 spiro atoms. The van der Waals surface area contributed by atoms with Crippen molar-refractivity contribution in [2.45, 2.75) is 77.5 Å². The Morgan fingerprint density at radius 1 is 1.30 bits per heavy atom. The van der Waals surface area contributed by atoms with Crippen LogP contribution in [0.5, 0.6) is 0 Å². The van der Waals surface area contributed by atoms with Gasteiger partial charge in [-0.25, -0.2) is 4.79 Å². The number of ether oxygens (including phenoxy) is 2. The largest absolute Gasteiger partial charge is 0.444 e. The molecule has 3 aliphatic rings. The van der Waals surface area contributed by atoms with Crippen molar-refractivity contribution in [1.29, 1.82) is 0 Å². The summed E-state index contributed by atoms with van der Waals surface area (Å²) in [7, 11) is 0. The average Bonchev–Trinajstić information content (AvgIpc) is 2.94. The van der Waals surface area contributed by atoms with E-state index in [0.29, 0.717) is 36.6 Å². The normalized spacial score (nSPS) is 28.7. The summed E-state index contributed by atoms with van der Waals surface area (Å²) < 4.78 is 11.2. The number of hydrogen-bond acceptors (Lipinski definition) is 4. The molecule has 1 saturated heterocycles. The van der Waals surface area contributed by atoms with E-state index < -0.39 is 5.60 Å². The lowest BCUT2D eigenvalue weighted by Gasteiger charge is -2.63. The van der Waals surface area contributed by atoms with Gasteiger partial charge in [0.25, 0.3) is 0 Å². The maximum atomic E-state index is 11.7. The number of alkyl carbamates (subject to hydrolysis) is 1. The van der Waals surface area contributed by atoms with Gasteiger partial charge in [-0.1, -0.05) is 6.42 Å². The Morgan fingerprint density at radius 2 is 2.07 bits per heavy atom. The van der Waals surface area contributed by atoms with Crippen molar-refractivity contribution in [2.75, 3.05) is 26.2 Å². The number of hydrogen-bond donors (Lipinski definition) is 3. The van der Waals surface area contributed by atoms with Crippen molar-refractivity contribution in [3.05, 3.63) is 0 Å². The van der Waals surface area contributed by atoms with Crippen LogP contribution in [-0.4, -0.2) is 56.0 Å². The number of amides is 1. The highest BCUT2D eigenvalue weighted by Gasteiger charge is 2.66. The third kappa shape index (κ3) is 4.50. The zero-order chi connectivity index (χ0) is 19.5. The molecule has 7 heteroatoms. The molecule has 3 rings (SSSR count). The molecule has 3 N–H and O–H groups in total. The number of nitrogens with zero attached hydrogens (tertiary/aromatic N) is 1. The molecule has 0 aromatic heterocycles. The molecule has 154 valence electrons. The van der Waals surface area contributed by atoms with Crippen molar-refractivity contribution < 1.29 is 14.3 Å². The molecule has 1 heterocycles. The molecule has 0 aromatic rings. The van der Waals surface area contributed by atoms with Crippen LogP contribution in [-0.2, 0) is 9.47 Å². The number of guanidine groups is 1. The summed E-state index contributed by atoms with van der Waals surface area (Å²) >= 11 is 0. The van der Waals surface area contributed by atoms with Crippen LogP contribution in [0.2, 0.25) is 0 Å². The van der Waals surface area contributed by atoms with Gasteiger partial charge in [0, 0.05) is 43.6 Å². The van der Waals surface area contributed by atoms with Gasteiger partial charge in [0.15, 0.2) is 5.96 Å². The minimum Gasteiger partial charge on any atom is -0.444 e. The van der Waals surface area contributed by atoms with E-state index in [2.05, 4.69) is 22.9 Å². The molecule has 3 fully saturated rings. The number of nitrogens with one attached hydrogen (secondary N) is 3. The minimum atomic E-state index is -0.466. The summed E-state index contributed by atoms with van der Waals surface area (Å²) in [5.41, 5.74) is -0.123. The molecular formula is C20H36N4O3. The summed E-state index contributed by atoms with van der Waals surface area (Å²) in [6.07, 6.45) is 5.88. The third-order valence-corrected chi connectivity index (χ3v) is 5.95. The number of carbonyl (C=O) groups excluding carboxylic acids is 1. The van der Waals surface area contributed by atoms with Gasteiger partial charge in [-0.3, -0.25) is 4.99 Å². The van der Waals surface area contributed by atoms with Gasteiger partial charge in [-0.15, -0.1) is 0 Å². The third-order valence-electron chi connectivity index (χ3n) is 5.95. The first-order valence-corrected chi connectivity index (χ1v) is 10.5. The van der Waals surface area contributed by atoms with E-state index in [4.69, 9.17) is 14.5 Å². The number of aliphatic imine (C=N–C) groups is 1. The fraction of sp³-hybridized carbons (Fsp3) is 0.900. The van der Waals surface area contributed by atoms with Gasteiger partial charge in [0.1, 0.15) is 5.60 Å². The van der Waals surface area contributed by atoms with Crippen LogP contribution in [0.4, 0.5) is 4.79 Å². The van der Waals surface area contributed by atoms with E-state index in [-0.39, 0.29) is 6.09 Å². The van der Waals surface area contributed by atoms with Crippen LogP contribution in [0.25, 0.3) is 0 Å². The average molecular weight is 381 g/mol. The fourth-order valence-electron chi connectivity index (χ4n) is 4.70. The highest BCUT2D eigenvalue weighted by atomic mass is 16.6. The zero-order valence-electron chi connectivity index (χ0n) is 17.3. The monoisotopic (exact) mass is 380 g/mol. The predicted octanol–water partition coefficient (Wildman–Crippen LogP) is 2.41. The lowest BCUT2D eigenvalue weighted by Crippen LogP contribution is -2.72. The van der Waals surface area contributed by atoms with Crippen molar-refractivity contribution in [3.8, 4) is 0 Å². The fourth-order valence-corrected chi connectivity index (χ4v) is 4.70. The highest BCUT2D eigenvalue weighted by Crippen LogP contribution is 2.62. The summed E-state index contributed by atoms with van der Waals surface area (Å²) in [6.45, 7) is 10.6. The molecule has 3 atom stereocenters. The van der Waals surface area contributed by atoms with E-state index >= 15 is 0 Å². The molecule has 7 nitrogen and oxygen atoms in total. The Kier molecular flexibility index (Phi) is 6.18. The van der Waals surface area contributed by atoms with E-state index in [1.807, 2.05) is 20.8 Å². The molecule has 2 saturated carbocycles. The zero-order valence-corrected chi connectivity index (χ0v) is 17.3. The first-order chi connectivity index (χ1) is 12.9. The van der Waals surface area contributed by atoms with Crippen LogP contribution in [0.1, 0.15) is 59.8 Å². The first-order valence-electron chi connectivity index (χ1n) is 10.5. The van der Waals surface area contributed by atoms with E-state index in [0.717, 1.165) is 32.0 Å². The maximum Gasteiger partial charge on any atom is 0.407 e. The lowest BCUT2D eigenvalue weighted by molar-refractivity contribution is -0.171. The lowest BCUT2D eigenvalue weighted by atomic mass is 9.46. The smallest absolute Gasteiger partial charge is 0.407 e. The Hall–Kier alpha value is -1.50. The SMILES string of the molecule is CCNC(=NCCCNC(=O)OC(C)(C)C)NC1C2CCOC2C12CCC2. The van der Waals surface area contributed by atoms with Crippen LogP contribution >= 0.6 is 0 Å². The molecule has 1 aliphatic heterocycles. The summed E-state index contributed by atoms with van der Waals surface area (Å²) in [6, 6.07) is 0.483. The molecule has 2 aliphatic carbocycles. The van der Waals surface area contributed by atoms with Crippen molar-refractivity contribution in [1.82, 2.24) is 16.0 Å². The molecule has 1 amide bonds. The Balaban J connectivity index is 1.44. The minimum absolute atomic E-state index is 0.343. The standard InChI is InChI=1S/C20H36N4O3/c1-5-21-17(22-11-7-12-23-18(25)27-19(2,3)4)24-15-14-8-13-26-16(14)20(15)9-6-10-20/h14-16H,5-13H2,1-4H3,(H,23,25)(H2,21,22,24). The van der Waals surface area contributed by atoms with Gasteiger partial charge in [-0.2, -0.15) is 0 Å². The molecule has 3 unspecified atom stereocenters. The van der Waals surface area contributed by atoms with Crippen LogP contribution < -0.4 is 16.0 Å². The van der Waals surface area contributed by atoms with Gasteiger partial charge in [-0.05, 0) is 53.4 Å². The van der Waals surface area contributed by atoms with Crippen molar-refractivity contribution in [2.24, 2.45) is 16.3 Å². The van der Waals surface area contributed by atoms with Crippen LogP contribution in [0.15, 0.2) is 4.99 Å². The predicted molar refractivity (Wildman–Crippen MR) is 106 cm³/mol. The number of rotatable bonds is 6.